The van der Waals surface area contributed by atoms with E-state index >= 15 is 0 Å². The lowest BCUT2D eigenvalue weighted by atomic mass is 9.93. The van der Waals surface area contributed by atoms with Crippen molar-refractivity contribution in [3.05, 3.63) is 29.8 Å². The molecular formula is C14H17F3N2O. The van der Waals surface area contributed by atoms with E-state index in [-0.39, 0.29) is 5.91 Å². The van der Waals surface area contributed by atoms with Gasteiger partial charge in [0.05, 0.1) is 11.1 Å². The molecule has 1 aromatic rings. The van der Waals surface area contributed by atoms with Crippen LogP contribution in [0.4, 0.5) is 18.9 Å². The van der Waals surface area contributed by atoms with Gasteiger partial charge in [0.15, 0.2) is 0 Å². The maximum absolute atomic E-state index is 12.4. The van der Waals surface area contributed by atoms with Crippen molar-refractivity contribution in [2.75, 3.05) is 11.9 Å². The minimum Gasteiger partial charge on any atom is -0.324 e. The van der Waals surface area contributed by atoms with Gasteiger partial charge in [0, 0.05) is 5.69 Å². The molecule has 3 nitrogen and oxygen atoms in total. The number of rotatable bonds is 3. The molecule has 1 amide bonds. The molecule has 2 N–H and O–H groups in total. The molecule has 20 heavy (non-hydrogen) atoms. The monoisotopic (exact) mass is 286 g/mol. The van der Waals surface area contributed by atoms with Crippen LogP contribution in [-0.2, 0) is 11.0 Å². The van der Waals surface area contributed by atoms with Crippen molar-refractivity contribution >= 4 is 11.6 Å². The van der Waals surface area contributed by atoms with Crippen LogP contribution in [0.5, 0.6) is 0 Å². The van der Waals surface area contributed by atoms with Crippen LogP contribution in [0.15, 0.2) is 24.3 Å². The number of halogens is 3. The van der Waals surface area contributed by atoms with Gasteiger partial charge in [-0.05, 0) is 50.1 Å². The van der Waals surface area contributed by atoms with Gasteiger partial charge in [-0.15, -0.1) is 0 Å². The molecular weight excluding hydrogens is 269 g/mol. The number of nitrogens with one attached hydrogen (secondary N) is 2. The highest BCUT2D eigenvalue weighted by molar-refractivity contribution is 5.98. The first-order valence-corrected chi connectivity index (χ1v) is 6.61. The van der Waals surface area contributed by atoms with Gasteiger partial charge in [0.2, 0.25) is 5.91 Å². The number of amides is 1. The van der Waals surface area contributed by atoms with E-state index in [9.17, 15) is 18.0 Å². The van der Waals surface area contributed by atoms with E-state index in [0.29, 0.717) is 12.1 Å². The maximum Gasteiger partial charge on any atom is 0.416 e. The van der Waals surface area contributed by atoms with Crippen LogP contribution in [0, 0.1) is 0 Å². The number of hydrogen-bond donors (Lipinski definition) is 2. The van der Waals surface area contributed by atoms with Crippen molar-refractivity contribution in [1.82, 2.24) is 5.32 Å². The fourth-order valence-electron chi connectivity index (χ4n) is 2.46. The summed E-state index contributed by atoms with van der Waals surface area (Å²) in [7, 11) is 0. The standard InChI is InChI=1S/C14H17F3N2O/c1-2-13(8-3-9-18-13)12(20)19-11-6-4-10(5-7-11)14(15,16)17/h4-7,18H,2-3,8-9H2,1H3,(H,19,20). The Morgan fingerprint density at radius 1 is 1.35 bits per heavy atom. The minimum atomic E-state index is -4.36. The van der Waals surface area contributed by atoms with Gasteiger partial charge in [-0.25, -0.2) is 0 Å². The average molecular weight is 286 g/mol. The molecule has 110 valence electrons. The van der Waals surface area contributed by atoms with Crippen molar-refractivity contribution in [3.8, 4) is 0 Å². The normalized spacial score (nSPS) is 22.8. The number of benzene rings is 1. The Bertz CT molecular complexity index is 476. The van der Waals surface area contributed by atoms with Crippen LogP contribution in [0.2, 0.25) is 0 Å². The smallest absolute Gasteiger partial charge is 0.324 e. The summed E-state index contributed by atoms with van der Waals surface area (Å²) in [6.07, 6.45) is -2.04. The number of hydrogen-bond acceptors (Lipinski definition) is 2. The summed E-state index contributed by atoms with van der Waals surface area (Å²) in [4.78, 5) is 12.3. The first-order valence-electron chi connectivity index (χ1n) is 6.61. The fraction of sp³-hybridized carbons (Fsp3) is 0.500. The molecule has 1 aliphatic heterocycles. The summed E-state index contributed by atoms with van der Waals surface area (Å²) in [5, 5.41) is 5.87. The van der Waals surface area contributed by atoms with E-state index in [0.717, 1.165) is 31.5 Å². The van der Waals surface area contributed by atoms with E-state index in [1.807, 2.05) is 6.92 Å². The third kappa shape index (κ3) is 2.95. The van der Waals surface area contributed by atoms with Crippen LogP contribution in [-0.4, -0.2) is 18.0 Å². The molecule has 0 saturated carbocycles. The van der Waals surface area contributed by atoms with E-state index in [1.54, 1.807) is 0 Å². The molecule has 1 unspecified atom stereocenters. The molecule has 1 aliphatic rings. The lowest BCUT2D eigenvalue weighted by Crippen LogP contribution is -2.50. The zero-order valence-corrected chi connectivity index (χ0v) is 11.2. The summed E-state index contributed by atoms with van der Waals surface area (Å²) in [5.74, 6) is -0.183. The predicted octanol–water partition coefficient (Wildman–Crippen LogP) is 3.18. The molecule has 2 rings (SSSR count). The summed E-state index contributed by atoms with van der Waals surface area (Å²) in [5.41, 5.74) is -0.938. The SMILES string of the molecule is CCC1(C(=O)Nc2ccc(C(F)(F)F)cc2)CCCN1. The molecule has 0 radical (unpaired) electrons. The molecule has 1 saturated heterocycles. The van der Waals surface area contributed by atoms with E-state index in [1.165, 1.54) is 12.1 Å². The minimum absolute atomic E-state index is 0.183. The molecule has 1 aromatic carbocycles. The number of carbonyl (C=O) groups is 1. The zero-order chi connectivity index (χ0) is 14.8. The van der Waals surface area contributed by atoms with Gasteiger partial charge in [-0.3, -0.25) is 4.79 Å². The van der Waals surface area contributed by atoms with E-state index in [2.05, 4.69) is 10.6 Å². The van der Waals surface area contributed by atoms with Crippen LogP contribution < -0.4 is 10.6 Å². The van der Waals surface area contributed by atoms with Gasteiger partial charge >= 0.3 is 6.18 Å². The van der Waals surface area contributed by atoms with Crippen molar-refractivity contribution in [3.63, 3.8) is 0 Å². The molecule has 0 spiro atoms. The second-order valence-electron chi connectivity index (χ2n) is 5.00. The first kappa shape index (κ1) is 14.8. The van der Waals surface area contributed by atoms with Crippen LogP contribution >= 0.6 is 0 Å². The Labute approximate surface area is 115 Å². The molecule has 1 heterocycles. The molecule has 0 aromatic heterocycles. The van der Waals surface area contributed by atoms with E-state index in [4.69, 9.17) is 0 Å². The van der Waals surface area contributed by atoms with Crippen molar-refractivity contribution in [2.24, 2.45) is 0 Å². The topological polar surface area (TPSA) is 41.1 Å². The molecule has 6 heteroatoms. The predicted molar refractivity (Wildman–Crippen MR) is 70.3 cm³/mol. The number of carbonyl (C=O) groups excluding carboxylic acids is 1. The van der Waals surface area contributed by atoms with Gasteiger partial charge < -0.3 is 10.6 Å². The maximum atomic E-state index is 12.4. The largest absolute Gasteiger partial charge is 0.416 e. The van der Waals surface area contributed by atoms with Gasteiger partial charge in [-0.1, -0.05) is 6.92 Å². The highest BCUT2D eigenvalue weighted by atomic mass is 19.4. The highest BCUT2D eigenvalue weighted by Gasteiger charge is 2.39. The summed E-state index contributed by atoms with van der Waals surface area (Å²) in [6, 6.07) is 4.49. The van der Waals surface area contributed by atoms with Gasteiger partial charge in [0.25, 0.3) is 0 Å². The van der Waals surface area contributed by atoms with Gasteiger partial charge in [-0.2, -0.15) is 13.2 Å². The van der Waals surface area contributed by atoms with Crippen molar-refractivity contribution in [1.29, 1.82) is 0 Å². The van der Waals surface area contributed by atoms with Crippen LogP contribution in [0.3, 0.4) is 0 Å². The lowest BCUT2D eigenvalue weighted by Gasteiger charge is -2.26. The van der Waals surface area contributed by atoms with E-state index < -0.39 is 17.3 Å². The Morgan fingerprint density at radius 2 is 2.00 bits per heavy atom. The second kappa shape index (κ2) is 5.44. The Morgan fingerprint density at radius 3 is 2.45 bits per heavy atom. The fourth-order valence-corrected chi connectivity index (χ4v) is 2.46. The quantitative estimate of drug-likeness (QED) is 0.896. The third-order valence-electron chi connectivity index (χ3n) is 3.75. The van der Waals surface area contributed by atoms with Gasteiger partial charge in [0.1, 0.15) is 0 Å². The highest BCUT2D eigenvalue weighted by Crippen LogP contribution is 2.30. The van der Waals surface area contributed by atoms with Crippen molar-refractivity contribution < 1.29 is 18.0 Å². The average Bonchev–Trinajstić information content (AvgIpc) is 2.88. The Hall–Kier alpha value is -1.56. The molecule has 1 fully saturated rings. The summed E-state index contributed by atoms with van der Waals surface area (Å²) >= 11 is 0. The second-order valence-corrected chi connectivity index (χ2v) is 5.00. The molecule has 0 bridgehead atoms. The number of alkyl halides is 3. The molecule has 0 aliphatic carbocycles. The molecule has 1 atom stereocenters. The van der Waals surface area contributed by atoms with Crippen LogP contribution in [0.1, 0.15) is 31.7 Å². The Kier molecular flexibility index (Phi) is 4.04. The number of anilines is 1. The van der Waals surface area contributed by atoms with Crippen molar-refractivity contribution in [2.45, 2.75) is 37.9 Å². The summed E-state index contributed by atoms with van der Waals surface area (Å²) < 4.78 is 37.3. The Balaban J connectivity index is 2.08. The summed E-state index contributed by atoms with van der Waals surface area (Å²) in [6.45, 7) is 2.71. The van der Waals surface area contributed by atoms with Crippen LogP contribution in [0.25, 0.3) is 0 Å². The third-order valence-corrected chi connectivity index (χ3v) is 3.75. The zero-order valence-electron chi connectivity index (χ0n) is 11.2. The lowest BCUT2D eigenvalue weighted by molar-refractivity contribution is -0.137. The first-order chi connectivity index (χ1) is 9.37.